The Morgan fingerprint density at radius 1 is 0.382 bits per heavy atom. The van der Waals surface area contributed by atoms with Crippen molar-refractivity contribution in [3.63, 3.8) is 0 Å². The van der Waals surface area contributed by atoms with Crippen LogP contribution in [0.3, 0.4) is 0 Å². The molecule has 0 aliphatic rings. The minimum absolute atomic E-state index is 0. The summed E-state index contributed by atoms with van der Waals surface area (Å²) in [6.07, 6.45) is 5.95. The molecule has 0 radical (unpaired) electrons. The van der Waals surface area contributed by atoms with Crippen LogP contribution in [0.4, 0.5) is 0 Å². The van der Waals surface area contributed by atoms with Crippen LogP contribution in [-0.4, -0.2) is 39.8 Å². The van der Waals surface area contributed by atoms with Crippen LogP contribution < -0.4 is 0 Å². The van der Waals surface area contributed by atoms with Crippen LogP contribution in [0.5, 0.6) is 0 Å². The lowest BCUT2D eigenvalue weighted by Crippen LogP contribution is -1.89. The molecule has 0 aromatic carbocycles. The van der Waals surface area contributed by atoms with E-state index in [-0.39, 0.29) is 27.0 Å². The van der Waals surface area contributed by atoms with Gasteiger partial charge in [-0.15, -0.1) is 0 Å². The first-order valence-corrected chi connectivity index (χ1v) is 10.3. The number of hydrogen-bond acceptors (Lipinski definition) is 8. The molecule has 4 N–H and O–H groups in total. The van der Waals surface area contributed by atoms with E-state index in [9.17, 15) is 0 Å². The smallest absolute Gasteiger partial charge is 0.142 e. The lowest BCUT2D eigenvalue weighted by atomic mass is 10.5. The van der Waals surface area contributed by atoms with Gasteiger partial charge in [0.05, 0.1) is 0 Å². The summed E-state index contributed by atoms with van der Waals surface area (Å²) in [6.45, 7) is 0. The van der Waals surface area contributed by atoms with Crippen molar-refractivity contribution in [2.45, 2.75) is 0 Å². The van der Waals surface area contributed by atoms with Gasteiger partial charge in [-0.1, -0.05) is 73.1 Å². The molecule has 4 aromatic rings. The quantitative estimate of drug-likeness (QED) is 0.148. The van der Waals surface area contributed by atoms with Gasteiger partial charge in [0.15, 0.2) is 0 Å². The minimum Gasteiger partial charge on any atom is -0.428 e. The van der Waals surface area contributed by atoms with Crippen LogP contribution >= 0.6 is 75.9 Å². The van der Waals surface area contributed by atoms with Crippen LogP contribution in [0, 0.1) is 18.6 Å². The van der Waals surface area contributed by atoms with Crippen molar-refractivity contribution in [1.29, 1.82) is 0 Å². The fourth-order valence-electron chi connectivity index (χ4n) is 1.68. The molecule has 0 atom stereocenters. The molecule has 4 rings (SSSR count). The van der Waals surface area contributed by atoms with E-state index in [1.54, 1.807) is 72.8 Å². The molecule has 0 amide bonds. The zero-order valence-electron chi connectivity index (χ0n) is 17.4. The molecule has 34 heavy (non-hydrogen) atoms. The molecule has 4 aromatic heterocycles. The second-order valence-electron chi connectivity index (χ2n) is 5.53. The summed E-state index contributed by atoms with van der Waals surface area (Å²) in [4.78, 5) is 0. The molecule has 0 spiro atoms. The molecule has 0 unspecified atom stereocenters. The predicted molar refractivity (Wildman–Crippen MR) is 151 cm³/mol. The van der Waals surface area contributed by atoms with Crippen molar-refractivity contribution in [3.8, 4) is 0 Å². The van der Waals surface area contributed by atoms with Crippen LogP contribution in [0.15, 0.2) is 97.6 Å². The predicted octanol–water partition coefficient (Wildman–Crippen LogP) is 6.05. The van der Waals surface area contributed by atoms with Crippen molar-refractivity contribution in [1.82, 2.24) is 18.9 Å². The van der Waals surface area contributed by atoms with Crippen molar-refractivity contribution >= 4 is 75.9 Å². The van der Waals surface area contributed by atoms with Crippen molar-refractivity contribution in [3.05, 3.63) is 116 Å². The highest BCUT2D eigenvalue weighted by molar-refractivity contribution is 7.72. The van der Waals surface area contributed by atoms with E-state index < -0.39 is 0 Å². The van der Waals surface area contributed by atoms with E-state index >= 15 is 0 Å². The summed E-state index contributed by atoms with van der Waals surface area (Å²) >= 11 is 18.7. The summed E-state index contributed by atoms with van der Waals surface area (Å²) < 4.78 is 5.29. The molecule has 14 heteroatoms. The number of aromatic nitrogens is 4. The second-order valence-corrected chi connectivity index (χ2v) is 7.21. The highest BCUT2D eigenvalue weighted by Crippen LogP contribution is 1.88. The summed E-state index contributed by atoms with van der Waals surface area (Å²) in [6, 6.07) is 20.5. The van der Waals surface area contributed by atoms with Crippen LogP contribution in [0.2, 0.25) is 0 Å². The Morgan fingerprint density at radius 3 is 0.647 bits per heavy atom. The van der Waals surface area contributed by atoms with Gasteiger partial charge in [-0.25, -0.2) is 0 Å². The van der Waals surface area contributed by atoms with Gasteiger partial charge in [-0.3, -0.25) is 0 Å². The molecule has 0 aliphatic heterocycles. The highest BCUT2D eigenvalue weighted by atomic mass is 32.1. The average molecular weight is 577 g/mol. The van der Waals surface area contributed by atoms with E-state index in [1.807, 2.05) is 0 Å². The molecular weight excluding hydrogens is 553 g/mol. The molecule has 4 heterocycles. The molecule has 0 fully saturated rings. The molecule has 8 nitrogen and oxygen atoms in total. The first-order chi connectivity index (χ1) is 15.2. The van der Waals surface area contributed by atoms with Crippen molar-refractivity contribution in [2.24, 2.45) is 0 Å². The molecular formula is C20H24N4O4S6. The molecule has 0 bridgehead atoms. The van der Waals surface area contributed by atoms with Crippen molar-refractivity contribution < 1.29 is 20.8 Å². The van der Waals surface area contributed by atoms with Gasteiger partial charge in [0.1, 0.15) is 18.6 Å². The zero-order valence-corrected chi connectivity index (χ0v) is 22.7. The third-order valence-electron chi connectivity index (χ3n) is 3.21. The lowest BCUT2D eigenvalue weighted by Gasteiger charge is -1.90. The van der Waals surface area contributed by atoms with E-state index in [0.29, 0.717) is 18.6 Å². The Morgan fingerprint density at radius 2 is 0.559 bits per heavy atom. The largest absolute Gasteiger partial charge is 0.428 e. The SMILES string of the molecule is On1ccccc1=S.On1ccccc1=S.On1ccccc1=S.On1ccccc1=S.S.S. The Labute approximate surface area is 230 Å². The Balaban J connectivity index is 0. The van der Waals surface area contributed by atoms with Crippen LogP contribution in [-0.2, 0) is 0 Å². The average Bonchev–Trinajstić information content (AvgIpc) is 2.78. The fraction of sp³-hybridized carbons (Fsp3) is 0. The number of nitrogens with zero attached hydrogens (tertiary/aromatic N) is 4. The van der Waals surface area contributed by atoms with Gasteiger partial charge >= 0.3 is 0 Å². The maximum atomic E-state index is 8.73. The Hall–Kier alpha value is -2.62. The van der Waals surface area contributed by atoms with Gasteiger partial charge < -0.3 is 20.8 Å². The Bertz CT molecular complexity index is 1130. The lowest BCUT2D eigenvalue weighted by molar-refractivity contribution is 0.180. The Kier molecular flexibility index (Phi) is 18.5. The first-order valence-electron chi connectivity index (χ1n) is 8.70. The fourth-order valence-corrected chi connectivity index (χ4v) is 2.23. The topological polar surface area (TPSA) is 101 Å². The van der Waals surface area contributed by atoms with Gasteiger partial charge in [0.2, 0.25) is 0 Å². The van der Waals surface area contributed by atoms with E-state index in [4.69, 9.17) is 20.8 Å². The normalized spacial score (nSPS) is 8.47. The summed E-state index contributed by atoms with van der Waals surface area (Å²) in [5.41, 5.74) is 0. The van der Waals surface area contributed by atoms with Crippen molar-refractivity contribution in [2.75, 3.05) is 0 Å². The van der Waals surface area contributed by atoms with E-state index in [2.05, 4.69) is 48.9 Å². The maximum Gasteiger partial charge on any atom is 0.142 e. The van der Waals surface area contributed by atoms with Gasteiger partial charge in [0.25, 0.3) is 0 Å². The first kappa shape index (κ1) is 33.6. The third-order valence-corrected chi connectivity index (χ3v) is 4.50. The molecule has 0 aliphatic carbocycles. The monoisotopic (exact) mass is 576 g/mol. The highest BCUT2D eigenvalue weighted by Gasteiger charge is 1.80. The third kappa shape index (κ3) is 13.8. The number of pyridine rings is 4. The maximum absolute atomic E-state index is 8.73. The zero-order chi connectivity index (χ0) is 23.9. The van der Waals surface area contributed by atoms with Gasteiger partial charge in [0, 0.05) is 24.8 Å². The number of rotatable bonds is 0. The summed E-state index contributed by atoms with van der Waals surface area (Å²) in [5.74, 6) is 0. The summed E-state index contributed by atoms with van der Waals surface area (Å²) in [7, 11) is 0. The molecule has 184 valence electrons. The van der Waals surface area contributed by atoms with Gasteiger partial charge in [-0.2, -0.15) is 45.9 Å². The second kappa shape index (κ2) is 18.8. The minimum atomic E-state index is 0. The van der Waals surface area contributed by atoms with Crippen LogP contribution in [0.1, 0.15) is 0 Å². The number of hydrogen-bond donors (Lipinski definition) is 4. The molecule has 0 saturated carbocycles. The summed E-state index contributed by atoms with van der Waals surface area (Å²) in [5, 5.41) is 34.9. The molecule has 0 saturated heterocycles. The van der Waals surface area contributed by atoms with E-state index in [0.717, 1.165) is 18.9 Å². The van der Waals surface area contributed by atoms with E-state index in [1.165, 1.54) is 24.8 Å². The van der Waals surface area contributed by atoms with Crippen LogP contribution in [0.25, 0.3) is 0 Å². The van der Waals surface area contributed by atoms with Gasteiger partial charge in [-0.05, 0) is 48.5 Å². The standard InChI is InChI=1S/4C5H5NOS.2H2S/c4*7-6-4-2-1-3-5(6)8;;/h4*1-4,7H;2*1H2.